The molecule has 0 unspecified atom stereocenters. The Morgan fingerprint density at radius 3 is 2.44 bits per heavy atom. The second-order valence-electron chi connectivity index (χ2n) is 6.07. The molecule has 1 amide bonds. The predicted molar refractivity (Wildman–Crippen MR) is 97.8 cm³/mol. The van der Waals surface area contributed by atoms with E-state index < -0.39 is 12.1 Å². The van der Waals surface area contributed by atoms with E-state index in [1.165, 1.54) is 0 Å². The molecule has 2 rings (SSSR count). The Balaban J connectivity index is 1.82. The van der Waals surface area contributed by atoms with Crippen LogP contribution in [-0.4, -0.2) is 24.6 Å². The highest BCUT2D eigenvalue weighted by molar-refractivity contribution is 7.09. The smallest absolute Gasteiger partial charge is 0.338 e. The van der Waals surface area contributed by atoms with E-state index in [1.807, 2.05) is 17.5 Å². The number of benzene rings is 1. The third-order valence-corrected chi connectivity index (χ3v) is 4.22. The van der Waals surface area contributed by atoms with Gasteiger partial charge >= 0.3 is 5.97 Å². The molecule has 1 N–H and O–H groups in total. The normalized spacial score (nSPS) is 11.8. The van der Waals surface area contributed by atoms with Gasteiger partial charge in [-0.2, -0.15) is 0 Å². The summed E-state index contributed by atoms with van der Waals surface area (Å²) in [5, 5.41) is 4.70. The molecule has 1 aromatic carbocycles. The van der Waals surface area contributed by atoms with Crippen LogP contribution in [0.3, 0.4) is 0 Å². The molecule has 0 fully saturated rings. The van der Waals surface area contributed by atoms with Crippen LogP contribution in [0.4, 0.5) is 0 Å². The van der Waals surface area contributed by atoms with Gasteiger partial charge in [0.1, 0.15) is 5.75 Å². The monoisotopic (exact) mass is 361 g/mol. The van der Waals surface area contributed by atoms with Gasteiger partial charge in [0.15, 0.2) is 6.10 Å². The Morgan fingerprint density at radius 2 is 1.84 bits per heavy atom. The molecule has 1 atom stereocenters. The summed E-state index contributed by atoms with van der Waals surface area (Å²) in [4.78, 5) is 25.2. The molecule has 1 heterocycles. The second-order valence-corrected chi connectivity index (χ2v) is 7.11. The van der Waals surface area contributed by atoms with Gasteiger partial charge in [0.25, 0.3) is 5.91 Å². The molecule has 0 saturated carbocycles. The number of nitrogens with one attached hydrogen (secondary N) is 1. The van der Waals surface area contributed by atoms with Crippen molar-refractivity contribution >= 4 is 23.2 Å². The molecule has 0 spiro atoms. The molecule has 0 aliphatic rings. The van der Waals surface area contributed by atoms with E-state index in [4.69, 9.17) is 9.47 Å². The van der Waals surface area contributed by atoms with E-state index in [9.17, 15) is 9.59 Å². The average Bonchev–Trinajstić information content (AvgIpc) is 3.11. The van der Waals surface area contributed by atoms with Crippen molar-refractivity contribution in [2.75, 3.05) is 6.61 Å². The van der Waals surface area contributed by atoms with Crippen LogP contribution < -0.4 is 10.1 Å². The highest BCUT2D eigenvalue weighted by atomic mass is 32.1. The summed E-state index contributed by atoms with van der Waals surface area (Å²) >= 11 is 1.56. The lowest BCUT2D eigenvalue weighted by molar-refractivity contribution is -0.129. The quantitative estimate of drug-likeness (QED) is 0.729. The maximum atomic E-state index is 12.1. The first kappa shape index (κ1) is 19.0. The van der Waals surface area contributed by atoms with Gasteiger partial charge < -0.3 is 14.8 Å². The molecule has 0 aliphatic heterocycles. The maximum Gasteiger partial charge on any atom is 0.338 e. The van der Waals surface area contributed by atoms with Crippen molar-refractivity contribution in [2.45, 2.75) is 33.4 Å². The number of hydrogen-bond donors (Lipinski definition) is 1. The van der Waals surface area contributed by atoms with Gasteiger partial charge in [0.2, 0.25) is 0 Å². The Morgan fingerprint density at radius 1 is 1.12 bits per heavy atom. The van der Waals surface area contributed by atoms with Crippen LogP contribution in [0.15, 0.2) is 41.8 Å². The summed E-state index contributed by atoms with van der Waals surface area (Å²) in [7, 11) is 0. The first-order valence-corrected chi connectivity index (χ1v) is 9.07. The SMILES string of the molecule is CC(C)COc1ccc(C(=O)O[C@H](C)C(=O)NCc2cccs2)cc1. The van der Waals surface area contributed by atoms with Gasteiger partial charge in [0.05, 0.1) is 18.7 Å². The van der Waals surface area contributed by atoms with Crippen LogP contribution in [0.5, 0.6) is 5.75 Å². The molecule has 1 aromatic heterocycles. The standard InChI is InChI=1S/C19H23NO4S/c1-13(2)12-23-16-8-6-15(7-9-16)19(22)24-14(3)18(21)20-11-17-5-4-10-25-17/h4-10,13-14H,11-12H2,1-3H3,(H,20,21)/t14-/m1/s1. The minimum absolute atomic E-state index is 0.321. The van der Waals surface area contributed by atoms with Crippen molar-refractivity contribution < 1.29 is 19.1 Å². The fraction of sp³-hybridized carbons (Fsp3) is 0.368. The minimum Gasteiger partial charge on any atom is -0.493 e. The topological polar surface area (TPSA) is 64.6 Å². The third kappa shape index (κ3) is 6.23. The molecule has 5 nitrogen and oxygen atoms in total. The first-order chi connectivity index (χ1) is 12.0. The summed E-state index contributed by atoms with van der Waals surface area (Å²) in [5.41, 5.74) is 0.384. The number of amides is 1. The largest absolute Gasteiger partial charge is 0.493 e. The van der Waals surface area contributed by atoms with Gasteiger partial charge in [-0.15, -0.1) is 11.3 Å². The number of carbonyl (C=O) groups is 2. The predicted octanol–water partition coefficient (Wildman–Crippen LogP) is 3.64. The van der Waals surface area contributed by atoms with Crippen molar-refractivity contribution in [3.05, 3.63) is 52.2 Å². The van der Waals surface area contributed by atoms with Crippen LogP contribution in [0.25, 0.3) is 0 Å². The molecule has 0 saturated heterocycles. The molecule has 0 radical (unpaired) electrons. The Kier molecular flexibility index (Phi) is 7.01. The minimum atomic E-state index is -0.857. The highest BCUT2D eigenvalue weighted by Crippen LogP contribution is 2.14. The number of esters is 1. The van der Waals surface area contributed by atoms with E-state index >= 15 is 0 Å². The molecule has 0 bridgehead atoms. The number of thiophene rings is 1. The molecular formula is C19H23NO4S. The van der Waals surface area contributed by atoms with Crippen molar-refractivity contribution in [1.29, 1.82) is 0 Å². The van der Waals surface area contributed by atoms with Crippen molar-refractivity contribution in [2.24, 2.45) is 5.92 Å². The van der Waals surface area contributed by atoms with Crippen LogP contribution in [-0.2, 0) is 16.1 Å². The van der Waals surface area contributed by atoms with Crippen molar-refractivity contribution in [3.8, 4) is 5.75 Å². The lowest BCUT2D eigenvalue weighted by atomic mass is 10.2. The lowest BCUT2D eigenvalue weighted by Crippen LogP contribution is -2.35. The van der Waals surface area contributed by atoms with E-state index in [2.05, 4.69) is 19.2 Å². The third-order valence-electron chi connectivity index (χ3n) is 3.34. The molecule has 6 heteroatoms. The highest BCUT2D eigenvalue weighted by Gasteiger charge is 2.18. The molecule has 25 heavy (non-hydrogen) atoms. The Labute approximate surface area is 152 Å². The number of hydrogen-bond acceptors (Lipinski definition) is 5. The van der Waals surface area contributed by atoms with Gasteiger partial charge in [0, 0.05) is 4.88 Å². The van der Waals surface area contributed by atoms with Crippen LogP contribution >= 0.6 is 11.3 Å². The maximum absolute atomic E-state index is 12.1. The Hall–Kier alpha value is -2.34. The number of rotatable bonds is 8. The van der Waals surface area contributed by atoms with E-state index in [1.54, 1.807) is 42.5 Å². The fourth-order valence-electron chi connectivity index (χ4n) is 1.96. The zero-order valence-electron chi connectivity index (χ0n) is 14.7. The van der Waals surface area contributed by atoms with Gasteiger partial charge in [-0.3, -0.25) is 4.79 Å². The fourth-order valence-corrected chi connectivity index (χ4v) is 2.61. The number of ether oxygens (including phenoxy) is 2. The zero-order chi connectivity index (χ0) is 18.2. The van der Waals surface area contributed by atoms with E-state index in [-0.39, 0.29) is 5.91 Å². The first-order valence-electron chi connectivity index (χ1n) is 8.19. The number of carbonyl (C=O) groups excluding carboxylic acids is 2. The van der Waals surface area contributed by atoms with Crippen LogP contribution in [0.1, 0.15) is 36.0 Å². The van der Waals surface area contributed by atoms with Gasteiger partial charge in [-0.25, -0.2) is 4.79 Å². The average molecular weight is 361 g/mol. The summed E-state index contributed by atoms with van der Waals surface area (Å²) in [5.74, 6) is 0.276. The van der Waals surface area contributed by atoms with E-state index in [0.29, 0.717) is 30.4 Å². The molecule has 2 aromatic rings. The van der Waals surface area contributed by atoms with Gasteiger partial charge in [-0.1, -0.05) is 19.9 Å². The summed E-state index contributed by atoms with van der Waals surface area (Å²) in [6.45, 7) is 6.74. The molecule has 134 valence electrons. The molecular weight excluding hydrogens is 338 g/mol. The van der Waals surface area contributed by atoms with Gasteiger partial charge in [-0.05, 0) is 48.6 Å². The second kappa shape index (κ2) is 9.22. The Bertz CT molecular complexity index is 680. The zero-order valence-corrected chi connectivity index (χ0v) is 15.5. The lowest BCUT2D eigenvalue weighted by Gasteiger charge is -2.13. The summed E-state index contributed by atoms with van der Waals surface area (Å²) in [6, 6.07) is 10.6. The van der Waals surface area contributed by atoms with E-state index in [0.717, 1.165) is 4.88 Å². The summed E-state index contributed by atoms with van der Waals surface area (Å²) < 4.78 is 10.8. The summed E-state index contributed by atoms with van der Waals surface area (Å²) in [6.07, 6.45) is -0.857. The molecule has 0 aliphatic carbocycles. The van der Waals surface area contributed by atoms with Crippen LogP contribution in [0, 0.1) is 5.92 Å². The van der Waals surface area contributed by atoms with Crippen LogP contribution in [0.2, 0.25) is 0 Å². The van der Waals surface area contributed by atoms with Crippen molar-refractivity contribution in [1.82, 2.24) is 5.32 Å². The van der Waals surface area contributed by atoms with Crippen molar-refractivity contribution in [3.63, 3.8) is 0 Å².